The Morgan fingerprint density at radius 3 is 1.69 bits per heavy atom. The Labute approximate surface area is 237 Å². The molecule has 1 aromatic carbocycles. The van der Waals surface area contributed by atoms with Gasteiger partial charge in [-0.3, -0.25) is 4.21 Å². The first-order chi connectivity index (χ1) is 16.7. The summed E-state index contributed by atoms with van der Waals surface area (Å²) in [6, 6.07) is 8.40. The molecule has 0 aliphatic heterocycles. The molecule has 0 aliphatic carbocycles. The summed E-state index contributed by atoms with van der Waals surface area (Å²) < 4.78 is 48.1. The number of rotatable bonds is 25. The molecule has 0 saturated heterocycles. The summed E-state index contributed by atoms with van der Waals surface area (Å²) in [5.41, 5.74) is 1.38. The summed E-state index contributed by atoms with van der Waals surface area (Å²) in [4.78, 5) is 0. The van der Waals surface area contributed by atoms with Gasteiger partial charge in [-0.05, 0) is 37.0 Å². The first kappa shape index (κ1) is 35.0. The Hall–Kier alpha value is -0.0300. The second-order valence-electron chi connectivity index (χ2n) is 8.17. The largest absolute Gasteiger partial charge is 1.00 e. The van der Waals surface area contributed by atoms with E-state index in [4.69, 9.17) is 23.7 Å². The Morgan fingerprint density at radius 1 is 0.657 bits per heavy atom. The predicted molar refractivity (Wildman–Crippen MR) is 135 cm³/mol. The third-order valence-electron chi connectivity index (χ3n) is 5.20. The topological polar surface area (TPSA) is 86.3 Å². The van der Waals surface area contributed by atoms with Crippen molar-refractivity contribution < 1.29 is 62.0 Å². The van der Waals surface area contributed by atoms with Crippen LogP contribution in [0.3, 0.4) is 0 Å². The van der Waals surface area contributed by atoms with Crippen molar-refractivity contribution in [2.24, 2.45) is 0 Å². The Balaban J connectivity index is 0.0000116. The first-order valence-electron chi connectivity index (χ1n) is 12.8. The van der Waals surface area contributed by atoms with Gasteiger partial charge in [-0.2, -0.15) is 0 Å². The molecule has 198 valence electrons. The molecule has 0 amide bonds. The van der Waals surface area contributed by atoms with Crippen LogP contribution in [0.15, 0.2) is 24.3 Å². The molecular formula is C26H45NaO7S. The molecule has 0 radical (unpaired) electrons. The zero-order chi connectivity index (χ0) is 24.5. The number of benzene rings is 1. The smallest absolute Gasteiger partial charge is 0.772 e. The van der Waals surface area contributed by atoms with E-state index in [0.717, 1.165) is 12.2 Å². The molecule has 0 saturated carbocycles. The molecule has 0 spiro atoms. The monoisotopic (exact) mass is 524 g/mol. The van der Waals surface area contributed by atoms with Gasteiger partial charge in [0.15, 0.2) is 0 Å². The van der Waals surface area contributed by atoms with Crippen LogP contribution < -0.4 is 34.3 Å². The van der Waals surface area contributed by atoms with Gasteiger partial charge >= 0.3 is 29.6 Å². The van der Waals surface area contributed by atoms with Crippen molar-refractivity contribution in [3.8, 4) is 5.75 Å². The standard InChI is InChI=1S/C26H46O7S.Na/c1-2-3-4-5-6-7-8-10-25-11-13-26(14-12-25)33-23-22-32-21-20-31-19-18-30-17-16-29-15-9-24-34(27)28;/h11-14H,2-10,15-24H2,1H3,(H,27,28);/q;+1/p-1. The molecule has 0 N–H and O–H groups in total. The fourth-order valence-corrected chi connectivity index (χ4v) is 3.65. The number of hydrogen-bond donors (Lipinski definition) is 0. The molecule has 0 fully saturated rings. The molecule has 1 unspecified atom stereocenters. The molecule has 7 nitrogen and oxygen atoms in total. The van der Waals surface area contributed by atoms with Crippen molar-refractivity contribution in [2.45, 2.75) is 64.7 Å². The molecule has 0 aromatic heterocycles. The van der Waals surface area contributed by atoms with Crippen molar-refractivity contribution in [1.29, 1.82) is 0 Å². The molecule has 35 heavy (non-hydrogen) atoms. The number of hydrogen-bond acceptors (Lipinski definition) is 7. The number of unbranched alkanes of at least 4 members (excludes halogenated alkanes) is 6. The molecule has 1 atom stereocenters. The maximum atomic E-state index is 10.4. The van der Waals surface area contributed by atoms with E-state index in [1.165, 1.54) is 50.5 Å². The maximum Gasteiger partial charge on any atom is 1.00 e. The summed E-state index contributed by atoms with van der Waals surface area (Å²) in [5.74, 6) is 1.01. The van der Waals surface area contributed by atoms with E-state index in [9.17, 15) is 8.76 Å². The minimum absolute atomic E-state index is 0. The normalized spacial score (nSPS) is 11.8. The second kappa shape index (κ2) is 27.0. The van der Waals surface area contributed by atoms with E-state index in [2.05, 4.69) is 19.1 Å². The fraction of sp³-hybridized carbons (Fsp3) is 0.769. The van der Waals surface area contributed by atoms with Crippen molar-refractivity contribution in [1.82, 2.24) is 0 Å². The van der Waals surface area contributed by atoms with Crippen LogP contribution in [0.4, 0.5) is 0 Å². The zero-order valence-electron chi connectivity index (χ0n) is 22.0. The molecule has 0 heterocycles. The third kappa shape index (κ3) is 24.1. The summed E-state index contributed by atoms with van der Waals surface area (Å²) in [6.07, 6.45) is 11.0. The van der Waals surface area contributed by atoms with Crippen LogP contribution in [-0.2, 0) is 36.4 Å². The van der Waals surface area contributed by atoms with Crippen LogP contribution in [0.1, 0.15) is 63.9 Å². The SMILES string of the molecule is CCCCCCCCCc1ccc(OCCOCCOCCOCCOCCCS(=O)[O-])cc1.[Na+]. The Morgan fingerprint density at radius 2 is 1.14 bits per heavy atom. The molecule has 9 heteroatoms. The van der Waals surface area contributed by atoms with Gasteiger partial charge in [0.2, 0.25) is 0 Å². The van der Waals surface area contributed by atoms with E-state index < -0.39 is 11.1 Å². The first-order valence-corrected chi connectivity index (χ1v) is 14.1. The van der Waals surface area contributed by atoms with Gasteiger partial charge in [0, 0.05) is 12.4 Å². The maximum absolute atomic E-state index is 10.4. The van der Waals surface area contributed by atoms with E-state index >= 15 is 0 Å². The fourth-order valence-electron chi connectivity index (χ4n) is 3.30. The van der Waals surface area contributed by atoms with Gasteiger partial charge in [-0.1, -0.05) is 68.7 Å². The van der Waals surface area contributed by atoms with E-state index in [-0.39, 0.29) is 35.3 Å². The second-order valence-corrected chi connectivity index (χ2v) is 9.19. The van der Waals surface area contributed by atoms with Crippen LogP contribution in [0.25, 0.3) is 0 Å². The minimum atomic E-state index is -1.99. The molecule has 1 rings (SSSR count). The summed E-state index contributed by atoms with van der Waals surface area (Å²) in [6.45, 7) is 6.68. The predicted octanol–water partition coefficient (Wildman–Crippen LogP) is 1.70. The van der Waals surface area contributed by atoms with Gasteiger partial charge in [-0.25, -0.2) is 0 Å². The van der Waals surface area contributed by atoms with Crippen LogP contribution in [0, 0.1) is 0 Å². The van der Waals surface area contributed by atoms with Gasteiger partial charge in [0.1, 0.15) is 12.4 Å². The quantitative estimate of drug-likeness (QED) is 0.109. The van der Waals surface area contributed by atoms with E-state index in [0.29, 0.717) is 65.9 Å². The average molecular weight is 525 g/mol. The van der Waals surface area contributed by atoms with Crippen molar-refractivity contribution in [3.63, 3.8) is 0 Å². The van der Waals surface area contributed by atoms with Crippen LogP contribution in [0.5, 0.6) is 5.75 Å². The Kier molecular flexibility index (Phi) is 27.0. The van der Waals surface area contributed by atoms with Gasteiger partial charge in [0.05, 0.1) is 46.2 Å². The summed E-state index contributed by atoms with van der Waals surface area (Å²) in [7, 11) is 0. The van der Waals surface area contributed by atoms with Crippen LogP contribution in [0.2, 0.25) is 0 Å². The van der Waals surface area contributed by atoms with E-state index in [1.54, 1.807) is 0 Å². The summed E-state index contributed by atoms with van der Waals surface area (Å²) in [5, 5.41) is 0. The van der Waals surface area contributed by atoms with Gasteiger partial charge < -0.3 is 28.2 Å². The van der Waals surface area contributed by atoms with Crippen molar-refractivity contribution in [3.05, 3.63) is 29.8 Å². The Bertz CT molecular complexity index is 590. The van der Waals surface area contributed by atoms with Crippen molar-refractivity contribution in [2.75, 3.05) is 65.2 Å². The number of aryl methyl sites for hydroxylation is 1. The van der Waals surface area contributed by atoms with E-state index in [1.807, 2.05) is 12.1 Å². The molecule has 0 bridgehead atoms. The average Bonchev–Trinajstić information content (AvgIpc) is 2.84. The summed E-state index contributed by atoms with van der Waals surface area (Å²) >= 11 is -1.99. The van der Waals surface area contributed by atoms with Crippen molar-refractivity contribution >= 4 is 11.1 Å². The minimum Gasteiger partial charge on any atom is -0.772 e. The molecule has 0 aliphatic rings. The van der Waals surface area contributed by atoms with Crippen LogP contribution >= 0.6 is 0 Å². The van der Waals surface area contributed by atoms with Gasteiger partial charge in [-0.15, -0.1) is 0 Å². The molecule has 1 aromatic rings. The number of ether oxygens (including phenoxy) is 5. The van der Waals surface area contributed by atoms with Crippen LogP contribution in [-0.4, -0.2) is 74.0 Å². The van der Waals surface area contributed by atoms with Gasteiger partial charge in [0.25, 0.3) is 0 Å². The molecular weight excluding hydrogens is 479 g/mol. The third-order valence-corrected chi connectivity index (χ3v) is 5.83. The zero-order valence-corrected chi connectivity index (χ0v) is 24.8.